The quantitative estimate of drug-likeness (QED) is 0.608. The molecule has 2 atom stereocenters. The van der Waals surface area contributed by atoms with Crippen LogP contribution in [0.1, 0.15) is 22.8 Å². The van der Waals surface area contributed by atoms with Crippen molar-refractivity contribution >= 4 is 37.9 Å². The van der Waals surface area contributed by atoms with Crippen molar-refractivity contribution in [2.75, 3.05) is 19.9 Å². The fraction of sp³-hybridized carbons (Fsp3) is 0.263. The lowest BCUT2D eigenvalue weighted by molar-refractivity contribution is -0.129. The first kappa shape index (κ1) is 21.4. The van der Waals surface area contributed by atoms with Crippen LogP contribution in [0.25, 0.3) is 0 Å². The van der Waals surface area contributed by atoms with Gasteiger partial charge in [-0.3, -0.25) is 14.2 Å². The van der Waals surface area contributed by atoms with Gasteiger partial charge >= 0.3 is 0 Å². The summed E-state index contributed by atoms with van der Waals surface area (Å²) < 4.78 is 37.5. The molecule has 3 rings (SSSR count). The second-order valence-electron chi connectivity index (χ2n) is 6.65. The van der Waals surface area contributed by atoms with Crippen molar-refractivity contribution in [2.45, 2.75) is 11.6 Å². The van der Waals surface area contributed by atoms with Crippen molar-refractivity contribution in [1.29, 1.82) is 0 Å². The number of nitrogens with zero attached hydrogens (tertiary/aromatic N) is 2. The zero-order valence-electron chi connectivity index (χ0n) is 15.7. The van der Waals surface area contributed by atoms with E-state index in [0.717, 1.165) is 4.47 Å². The Bertz CT molecular complexity index is 1070. The zero-order chi connectivity index (χ0) is 21.4. The first-order valence-corrected chi connectivity index (χ1v) is 11.0. The van der Waals surface area contributed by atoms with Crippen molar-refractivity contribution < 1.29 is 22.5 Å². The summed E-state index contributed by atoms with van der Waals surface area (Å²) >= 11 is 3.42. The van der Waals surface area contributed by atoms with E-state index in [2.05, 4.69) is 20.9 Å². The van der Waals surface area contributed by atoms with Crippen LogP contribution in [0, 0.1) is 0 Å². The van der Waals surface area contributed by atoms with Gasteiger partial charge in [0.25, 0.3) is 16.0 Å². The number of amides is 1. The molecule has 1 amide bonds. The second kappa shape index (κ2) is 7.86. The van der Waals surface area contributed by atoms with Crippen LogP contribution < -0.4 is 5.73 Å². The fourth-order valence-electron chi connectivity index (χ4n) is 3.33. The molecular formula is C19H20BrN3O5S. The van der Waals surface area contributed by atoms with Gasteiger partial charge in [-0.15, -0.1) is 0 Å². The van der Waals surface area contributed by atoms with E-state index in [-0.39, 0.29) is 11.9 Å². The molecule has 10 heteroatoms. The molecular weight excluding hydrogens is 462 g/mol. The lowest BCUT2D eigenvalue weighted by Gasteiger charge is -2.27. The first-order chi connectivity index (χ1) is 13.6. The summed E-state index contributed by atoms with van der Waals surface area (Å²) in [5.41, 5.74) is 6.34. The van der Waals surface area contributed by atoms with Crippen molar-refractivity contribution in [3.8, 4) is 0 Å². The Balaban J connectivity index is 2.10. The summed E-state index contributed by atoms with van der Waals surface area (Å²) in [4.78, 5) is 19.0. The minimum absolute atomic E-state index is 0.0974. The minimum atomic E-state index is -4.22. The van der Waals surface area contributed by atoms with E-state index in [4.69, 9.17) is 15.0 Å². The first-order valence-electron chi connectivity index (χ1n) is 8.56. The molecule has 1 heterocycles. The van der Waals surface area contributed by atoms with Crippen LogP contribution in [0.15, 0.2) is 58.0 Å². The van der Waals surface area contributed by atoms with Crippen LogP contribution in [-0.4, -0.2) is 49.6 Å². The maximum absolute atomic E-state index is 13.2. The van der Waals surface area contributed by atoms with E-state index in [9.17, 15) is 13.2 Å². The average Bonchev–Trinajstić information content (AvgIpc) is 2.90. The Morgan fingerprint density at radius 1 is 1.24 bits per heavy atom. The second-order valence-corrected chi connectivity index (χ2v) is 9.06. The Hall–Kier alpha value is -2.27. The third-order valence-electron chi connectivity index (χ3n) is 4.83. The molecule has 0 fully saturated rings. The smallest absolute Gasteiger partial charge is 0.267 e. The molecule has 29 heavy (non-hydrogen) atoms. The van der Waals surface area contributed by atoms with Gasteiger partial charge in [-0.2, -0.15) is 8.42 Å². The summed E-state index contributed by atoms with van der Waals surface area (Å²) in [7, 11) is -1.31. The molecule has 1 aliphatic rings. The fourth-order valence-corrected chi connectivity index (χ4v) is 4.44. The number of methoxy groups -OCH3 is 1. The van der Waals surface area contributed by atoms with Gasteiger partial charge < -0.3 is 10.5 Å². The Morgan fingerprint density at radius 2 is 1.90 bits per heavy atom. The number of ether oxygens (including phenoxy) is 1. The normalized spacial score (nSPS) is 20.6. The monoisotopic (exact) mass is 481 g/mol. The SMILES string of the molecule is COC(CS(=O)(=O)O)c1ccc(C2(c3cccc(Br)c3)N=C(N)N(C)C2=O)cc1. The van der Waals surface area contributed by atoms with Gasteiger partial charge in [-0.25, -0.2) is 4.99 Å². The van der Waals surface area contributed by atoms with Crippen molar-refractivity contribution in [3.05, 3.63) is 69.7 Å². The summed E-state index contributed by atoms with van der Waals surface area (Å²) in [6.45, 7) is 0. The number of guanidine groups is 1. The molecule has 8 nitrogen and oxygen atoms in total. The highest BCUT2D eigenvalue weighted by atomic mass is 79.9. The Labute approximate surface area is 177 Å². The van der Waals surface area contributed by atoms with Gasteiger partial charge in [0.05, 0.1) is 6.10 Å². The molecule has 1 aliphatic heterocycles. The summed E-state index contributed by atoms with van der Waals surface area (Å²) in [5, 5.41) is 0. The Kier molecular flexibility index (Phi) is 5.81. The highest BCUT2D eigenvalue weighted by molar-refractivity contribution is 9.10. The number of aliphatic imine (C=N–C) groups is 1. The van der Waals surface area contributed by atoms with Crippen LogP contribution in [0.3, 0.4) is 0 Å². The number of likely N-dealkylation sites (N-methyl/N-ethyl adjacent to an activating group) is 1. The van der Waals surface area contributed by atoms with Crippen LogP contribution >= 0.6 is 15.9 Å². The van der Waals surface area contributed by atoms with Crippen molar-refractivity contribution in [2.24, 2.45) is 10.7 Å². The van der Waals surface area contributed by atoms with E-state index in [0.29, 0.717) is 16.7 Å². The largest absolute Gasteiger partial charge is 0.376 e. The van der Waals surface area contributed by atoms with E-state index in [1.165, 1.54) is 12.0 Å². The van der Waals surface area contributed by atoms with E-state index in [1.54, 1.807) is 49.5 Å². The molecule has 2 aromatic carbocycles. The molecule has 0 radical (unpaired) electrons. The molecule has 0 aliphatic carbocycles. The van der Waals surface area contributed by atoms with E-state index in [1.807, 2.05) is 6.07 Å². The number of benzene rings is 2. The molecule has 2 unspecified atom stereocenters. The van der Waals surface area contributed by atoms with Gasteiger partial charge in [0, 0.05) is 18.6 Å². The van der Waals surface area contributed by atoms with Crippen LogP contribution in [0.5, 0.6) is 0 Å². The summed E-state index contributed by atoms with van der Waals surface area (Å²) in [6.07, 6.45) is -0.851. The van der Waals surface area contributed by atoms with E-state index < -0.39 is 27.5 Å². The summed E-state index contributed by atoms with van der Waals surface area (Å²) in [6, 6.07) is 13.9. The molecule has 0 saturated heterocycles. The molecule has 0 aromatic heterocycles. The lowest BCUT2D eigenvalue weighted by atomic mass is 9.82. The molecule has 2 aromatic rings. The summed E-state index contributed by atoms with van der Waals surface area (Å²) in [5.74, 6) is -0.783. The predicted octanol–water partition coefficient (Wildman–Crippen LogP) is 2.05. The standard InChI is InChI=1S/C19H20BrN3O5S/c1-23-17(24)19(22-18(23)21,14-4-3-5-15(20)10-14)13-8-6-12(7-9-13)16(28-2)11-29(25,26)27/h3-10,16H,11H2,1-2H3,(H2,21,22)(H,25,26,27). The highest BCUT2D eigenvalue weighted by Gasteiger charge is 2.49. The predicted molar refractivity (Wildman–Crippen MR) is 112 cm³/mol. The van der Waals surface area contributed by atoms with Gasteiger partial charge in [0.1, 0.15) is 5.75 Å². The number of hydrogen-bond acceptors (Lipinski definition) is 6. The van der Waals surface area contributed by atoms with Gasteiger partial charge in [-0.05, 0) is 28.8 Å². The third kappa shape index (κ3) is 4.06. The maximum Gasteiger partial charge on any atom is 0.267 e. The number of carbonyl (C=O) groups is 1. The van der Waals surface area contributed by atoms with Gasteiger partial charge in [0.15, 0.2) is 11.5 Å². The Morgan fingerprint density at radius 3 is 2.38 bits per heavy atom. The molecule has 0 bridgehead atoms. The van der Waals surface area contributed by atoms with Crippen molar-refractivity contribution in [1.82, 2.24) is 4.90 Å². The maximum atomic E-state index is 13.2. The lowest BCUT2D eigenvalue weighted by Crippen LogP contribution is -2.41. The van der Waals surface area contributed by atoms with Crippen LogP contribution in [-0.2, 0) is 25.2 Å². The molecule has 154 valence electrons. The highest BCUT2D eigenvalue weighted by Crippen LogP contribution is 2.40. The molecule has 0 spiro atoms. The number of halogens is 1. The van der Waals surface area contributed by atoms with E-state index >= 15 is 0 Å². The number of nitrogens with two attached hydrogens (primary N) is 1. The number of hydrogen-bond donors (Lipinski definition) is 2. The number of carbonyl (C=O) groups excluding carboxylic acids is 1. The van der Waals surface area contributed by atoms with Gasteiger partial charge in [-0.1, -0.05) is 52.3 Å². The zero-order valence-corrected chi connectivity index (χ0v) is 18.1. The van der Waals surface area contributed by atoms with Gasteiger partial charge in [0.2, 0.25) is 0 Å². The average molecular weight is 482 g/mol. The minimum Gasteiger partial charge on any atom is -0.376 e. The molecule has 3 N–H and O–H groups in total. The molecule has 0 saturated carbocycles. The van der Waals surface area contributed by atoms with Crippen molar-refractivity contribution in [3.63, 3.8) is 0 Å². The van der Waals surface area contributed by atoms with Crippen LogP contribution in [0.2, 0.25) is 0 Å². The van der Waals surface area contributed by atoms with Crippen LogP contribution in [0.4, 0.5) is 0 Å². The topological polar surface area (TPSA) is 122 Å². The third-order valence-corrected chi connectivity index (χ3v) is 6.05. The number of rotatable bonds is 6.